The summed E-state index contributed by atoms with van der Waals surface area (Å²) in [5, 5.41) is 3.43. The Morgan fingerprint density at radius 3 is 2.80 bits per heavy atom. The molecule has 0 aromatic heterocycles. The van der Waals surface area contributed by atoms with Gasteiger partial charge < -0.3 is 5.32 Å². The molecule has 0 amide bonds. The monoisotopic (exact) mass is 330 g/mol. The molecule has 0 bridgehead atoms. The highest BCUT2D eigenvalue weighted by Crippen LogP contribution is 2.36. The molecule has 7 heteroatoms. The van der Waals surface area contributed by atoms with E-state index in [2.05, 4.69) is 5.32 Å². The zero-order chi connectivity index (χ0) is 14.5. The van der Waals surface area contributed by atoms with Crippen molar-refractivity contribution in [2.75, 3.05) is 11.9 Å². The zero-order valence-corrected chi connectivity index (χ0v) is 13.4. The molecule has 1 atom stereocenters. The lowest BCUT2D eigenvalue weighted by atomic mass is 10.2. The molecule has 1 saturated carbocycles. The Kier molecular flexibility index (Phi) is 3.52. The lowest BCUT2D eigenvalue weighted by Gasteiger charge is -2.25. The van der Waals surface area contributed by atoms with Gasteiger partial charge in [0.05, 0.1) is 16.7 Å². The maximum absolute atomic E-state index is 12.9. The molecule has 108 valence electrons. The number of halogens is 1. The molecule has 1 aromatic rings. The molecule has 0 radical (unpaired) electrons. The number of benzene rings is 1. The number of thiocarbonyl (C=S) groups is 1. The second-order valence-corrected chi connectivity index (χ2v) is 8.06. The SMILES string of the molecule is CC1C(=S)Nc2ccc(Cl)cc2S(=O)(=O)N1CC1CC1. The molecule has 0 spiro atoms. The summed E-state index contributed by atoms with van der Waals surface area (Å²) in [6.45, 7) is 2.35. The third-order valence-corrected chi connectivity index (χ3v) is 6.39. The van der Waals surface area contributed by atoms with Gasteiger partial charge in [-0.1, -0.05) is 23.8 Å². The number of rotatable bonds is 2. The van der Waals surface area contributed by atoms with Crippen LogP contribution < -0.4 is 5.32 Å². The van der Waals surface area contributed by atoms with Crippen molar-refractivity contribution in [1.82, 2.24) is 4.31 Å². The van der Waals surface area contributed by atoms with Crippen LogP contribution in [0, 0.1) is 5.92 Å². The van der Waals surface area contributed by atoms with Crippen LogP contribution in [-0.2, 0) is 10.0 Å². The van der Waals surface area contributed by atoms with Crippen LogP contribution >= 0.6 is 23.8 Å². The first kappa shape index (κ1) is 14.3. The van der Waals surface area contributed by atoms with E-state index in [4.69, 9.17) is 23.8 Å². The van der Waals surface area contributed by atoms with Crippen LogP contribution in [0.15, 0.2) is 23.1 Å². The topological polar surface area (TPSA) is 49.4 Å². The van der Waals surface area contributed by atoms with E-state index in [-0.39, 0.29) is 10.9 Å². The van der Waals surface area contributed by atoms with Crippen LogP contribution in [0.2, 0.25) is 5.02 Å². The molecule has 20 heavy (non-hydrogen) atoms. The third kappa shape index (κ3) is 2.45. The normalized spacial score (nSPS) is 25.7. The number of anilines is 1. The highest BCUT2D eigenvalue weighted by Gasteiger charge is 2.39. The highest BCUT2D eigenvalue weighted by atomic mass is 35.5. The summed E-state index contributed by atoms with van der Waals surface area (Å²) in [5.74, 6) is 0.454. The Hall–Kier alpha value is -0.690. The van der Waals surface area contributed by atoms with Gasteiger partial charge in [0.15, 0.2) is 0 Å². The maximum Gasteiger partial charge on any atom is 0.245 e. The molecule has 1 aromatic carbocycles. The molecular weight excluding hydrogens is 316 g/mol. The van der Waals surface area contributed by atoms with Crippen LogP contribution in [0.5, 0.6) is 0 Å². The van der Waals surface area contributed by atoms with Gasteiger partial charge in [0, 0.05) is 11.6 Å². The lowest BCUT2D eigenvalue weighted by molar-refractivity contribution is 0.380. The van der Waals surface area contributed by atoms with E-state index in [1.165, 1.54) is 10.4 Å². The fraction of sp³-hybridized carbons (Fsp3) is 0.462. The summed E-state index contributed by atoms with van der Waals surface area (Å²) >= 11 is 11.3. The van der Waals surface area contributed by atoms with Crippen molar-refractivity contribution in [3.05, 3.63) is 23.2 Å². The Morgan fingerprint density at radius 2 is 2.15 bits per heavy atom. The Morgan fingerprint density at radius 1 is 1.45 bits per heavy atom. The van der Waals surface area contributed by atoms with E-state index in [0.717, 1.165) is 12.8 Å². The molecule has 0 saturated heterocycles. The average Bonchev–Trinajstić information content (AvgIpc) is 3.20. The predicted octanol–water partition coefficient (Wildman–Crippen LogP) is 2.88. The van der Waals surface area contributed by atoms with E-state index >= 15 is 0 Å². The van der Waals surface area contributed by atoms with Crippen LogP contribution in [0.1, 0.15) is 19.8 Å². The molecule has 2 aliphatic rings. The predicted molar refractivity (Wildman–Crippen MR) is 83.8 cm³/mol. The number of hydrogen-bond acceptors (Lipinski definition) is 3. The number of hydrogen-bond donors (Lipinski definition) is 1. The molecule has 4 nitrogen and oxygen atoms in total. The lowest BCUT2D eigenvalue weighted by Crippen LogP contribution is -2.43. The van der Waals surface area contributed by atoms with Crippen molar-refractivity contribution in [3.63, 3.8) is 0 Å². The van der Waals surface area contributed by atoms with Crippen molar-refractivity contribution in [2.24, 2.45) is 5.92 Å². The molecule has 3 rings (SSSR count). The molecular formula is C13H15ClN2O2S2. The van der Waals surface area contributed by atoms with Gasteiger partial charge in [0.1, 0.15) is 4.90 Å². The first-order valence-corrected chi connectivity index (χ1v) is 8.74. The Bertz CT molecular complexity index is 671. The molecule has 1 fully saturated rings. The Balaban J connectivity index is 2.13. The average molecular weight is 331 g/mol. The highest BCUT2D eigenvalue weighted by molar-refractivity contribution is 7.89. The first-order chi connectivity index (χ1) is 9.39. The second kappa shape index (κ2) is 4.94. The zero-order valence-electron chi connectivity index (χ0n) is 11.0. The second-order valence-electron chi connectivity index (χ2n) is 5.32. The van der Waals surface area contributed by atoms with E-state index in [9.17, 15) is 8.42 Å². The van der Waals surface area contributed by atoms with Gasteiger partial charge in [0.25, 0.3) is 0 Å². The minimum absolute atomic E-state index is 0.206. The van der Waals surface area contributed by atoms with Crippen molar-refractivity contribution < 1.29 is 8.42 Å². The van der Waals surface area contributed by atoms with E-state index in [0.29, 0.717) is 28.2 Å². The largest absolute Gasteiger partial charge is 0.348 e. The third-order valence-electron chi connectivity index (χ3n) is 3.73. The number of nitrogens with zero attached hydrogens (tertiary/aromatic N) is 1. The summed E-state index contributed by atoms with van der Waals surface area (Å²) in [4.78, 5) is 0.729. The van der Waals surface area contributed by atoms with Crippen molar-refractivity contribution in [1.29, 1.82) is 0 Å². The van der Waals surface area contributed by atoms with Crippen LogP contribution in [0.4, 0.5) is 5.69 Å². The fourth-order valence-electron chi connectivity index (χ4n) is 2.33. The van der Waals surface area contributed by atoms with Crippen LogP contribution in [-0.4, -0.2) is 30.3 Å². The molecule has 1 aliphatic carbocycles. The number of fused-ring (bicyclic) bond motifs is 1. The van der Waals surface area contributed by atoms with Gasteiger partial charge in [-0.2, -0.15) is 4.31 Å². The van der Waals surface area contributed by atoms with Crippen LogP contribution in [0.3, 0.4) is 0 Å². The van der Waals surface area contributed by atoms with E-state index in [1.807, 2.05) is 6.92 Å². The maximum atomic E-state index is 12.9. The van der Waals surface area contributed by atoms with Gasteiger partial charge in [-0.15, -0.1) is 0 Å². The van der Waals surface area contributed by atoms with Gasteiger partial charge >= 0.3 is 0 Å². The summed E-state index contributed by atoms with van der Waals surface area (Å²) in [7, 11) is -3.58. The van der Waals surface area contributed by atoms with E-state index < -0.39 is 10.0 Å². The van der Waals surface area contributed by atoms with Gasteiger partial charge in [-0.05, 0) is 43.9 Å². The summed E-state index contributed by atoms with van der Waals surface area (Å²) in [5.41, 5.74) is 0.504. The molecule has 1 unspecified atom stereocenters. The quantitative estimate of drug-likeness (QED) is 0.847. The minimum atomic E-state index is -3.58. The summed E-state index contributed by atoms with van der Waals surface area (Å²) in [6.07, 6.45) is 2.17. The summed E-state index contributed by atoms with van der Waals surface area (Å²) < 4.78 is 27.2. The summed E-state index contributed by atoms with van der Waals surface area (Å²) in [6, 6.07) is 4.46. The van der Waals surface area contributed by atoms with Gasteiger partial charge in [-0.3, -0.25) is 0 Å². The fourth-order valence-corrected chi connectivity index (χ4v) is 4.72. The van der Waals surface area contributed by atoms with Gasteiger partial charge in [0.2, 0.25) is 10.0 Å². The smallest absolute Gasteiger partial charge is 0.245 e. The van der Waals surface area contributed by atoms with Crippen LogP contribution in [0.25, 0.3) is 0 Å². The van der Waals surface area contributed by atoms with E-state index in [1.54, 1.807) is 12.1 Å². The van der Waals surface area contributed by atoms with Crippen molar-refractivity contribution >= 4 is 44.5 Å². The van der Waals surface area contributed by atoms with Gasteiger partial charge in [-0.25, -0.2) is 8.42 Å². The molecule has 1 aliphatic heterocycles. The first-order valence-electron chi connectivity index (χ1n) is 6.52. The van der Waals surface area contributed by atoms with Crippen molar-refractivity contribution in [3.8, 4) is 0 Å². The molecule has 1 heterocycles. The van der Waals surface area contributed by atoms with Crippen molar-refractivity contribution in [2.45, 2.75) is 30.7 Å². The Labute approximate surface area is 129 Å². The number of sulfonamides is 1. The molecule has 1 N–H and O–H groups in total. The minimum Gasteiger partial charge on any atom is -0.348 e. The number of nitrogens with one attached hydrogen (secondary N) is 1. The standard InChI is InChI=1S/C13H15ClN2O2S2/c1-8-13(19)15-11-5-4-10(14)6-12(11)20(17,18)16(8)7-9-2-3-9/h4-6,8-9H,2-3,7H2,1H3,(H,15,19).